The van der Waals surface area contributed by atoms with Gasteiger partial charge < -0.3 is 9.84 Å². The minimum atomic E-state index is -0.581. The van der Waals surface area contributed by atoms with E-state index in [1.165, 1.54) is 4.68 Å². The van der Waals surface area contributed by atoms with Crippen molar-refractivity contribution in [1.29, 1.82) is 0 Å². The summed E-state index contributed by atoms with van der Waals surface area (Å²) in [5, 5.41) is 16.7. The van der Waals surface area contributed by atoms with E-state index in [9.17, 15) is 9.90 Å². The molecule has 2 aromatic heterocycles. The summed E-state index contributed by atoms with van der Waals surface area (Å²) in [5.41, 5.74) is 1.11. The fourth-order valence-electron chi connectivity index (χ4n) is 2.56. The van der Waals surface area contributed by atoms with Crippen molar-refractivity contribution in [3.05, 3.63) is 76.0 Å². The monoisotopic (exact) mass is 394 g/mol. The van der Waals surface area contributed by atoms with Crippen LogP contribution in [0, 0.1) is 0 Å². The van der Waals surface area contributed by atoms with Gasteiger partial charge in [0, 0.05) is 17.5 Å². The third kappa shape index (κ3) is 3.42. The molecular formula is C19H14N4O4S. The first kappa shape index (κ1) is 17.7. The molecule has 0 saturated heterocycles. The van der Waals surface area contributed by atoms with Gasteiger partial charge >= 0.3 is 11.3 Å². The van der Waals surface area contributed by atoms with Crippen molar-refractivity contribution in [3.63, 3.8) is 0 Å². The molecule has 0 radical (unpaired) electrons. The van der Waals surface area contributed by atoms with E-state index in [1.54, 1.807) is 61.0 Å². The molecule has 8 nitrogen and oxygen atoms in total. The van der Waals surface area contributed by atoms with Gasteiger partial charge in [-0.3, -0.25) is 4.52 Å². The molecule has 1 N–H and O–H groups in total. The van der Waals surface area contributed by atoms with Crippen molar-refractivity contribution in [2.75, 3.05) is 7.11 Å². The van der Waals surface area contributed by atoms with Crippen LogP contribution in [0.5, 0.6) is 5.75 Å². The molecule has 0 bridgehead atoms. The van der Waals surface area contributed by atoms with Crippen molar-refractivity contribution in [3.8, 4) is 22.8 Å². The van der Waals surface area contributed by atoms with Gasteiger partial charge in [-0.05, 0) is 33.5 Å². The highest BCUT2D eigenvalue weighted by molar-refractivity contribution is 7.13. The summed E-state index contributed by atoms with van der Waals surface area (Å²) in [7, 11) is 1.57. The lowest BCUT2D eigenvalue weighted by Gasteiger charge is -2.08. The molecule has 0 aliphatic heterocycles. The van der Waals surface area contributed by atoms with Crippen LogP contribution >= 0.6 is 11.3 Å². The number of nitrogens with one attached hydrogen (secondary N) is 1. The summed E-state index contributed by atoms with van der Waals surface area (Å²) in [6, 6.07) is 15.8. The predicted molar refractivity (Wildman–Crippen MR) is 101 cm³/mol. The molecule has 0 spiro atoms. The number of rotatable bonds is 5. The van der Waals surface area contributed by atoms with Gasteiger partial charge in [-0.15, -0.1) is 11.3 Å². The average Bonchev–Trinajstić information content (AvgIpc) is 3.34. The zero-order chi connectivity index (χ0) is 19.5. The second kappa shape index (κ2) is 7.49. The maximum absolute atomic E-state index is 12.2. The first-order valence-corrected chi connectivity index (χ1v) is 9.08. The molecule has 2 heterocycles. The second-order valence-electron chi connectivity index (χ2n) is 5.66. The molecule has 4 aromatic rings. The molecule has 0 fully saturated rings. The van der Waals surface area contributed by atoms with Crippen LogP contribution in [0.3, 0.4) is 0 Å². The average molecular weight is 394 g/mol. The molecule has 9 heteroatoms. The number of hydrogen-bond donors (Lipinski definition) is 1. The van der Waals surface area contributed by atoms with E-state index in [4.69, 9.17) is 9.26 Å². The zero-order valence-electron chi connectivity index (χ0n) is 14.7. The smallest absolute Gasteiger partial charge is 0.437 e. The van der Waals surface area contributed by atoms with Gasteiger partial charge in [0.1, 0.15) is 5.75 Å². The Kier molecular flexibility index (Phi) is 4.73. The Morgan fingerprint density at radius 1 is 1.21 bits per heavy atom. The van der Waals surface area contributed by atoms with E-state index in [0.717, 1.165) is 11.3 Å². The molecule has 4 rings (SSSR count). The summed E-state index contributed by atoms with van der Waals surface area (Å²) < 4.78 is 11.6. The van der Waals surface area contributed by atoms with E-state index in [-0.39, 0.29) is 10.8 Å². The second-order valence-corrected chi connectivity index (χ2v) is 6.50. The van der Waals surface area contributed by atoms with Crippen LogP contribution in [-0.4, -0.2) is 23.3 Å². The summed E-state index contributed by atoms with van der Waals surface area (Å²) in [6.07, 6.45) is 0. The minimum Gasteiger partial charge on any atom is -0.858 e. The number of nitrogens with zero attached hydrogens (tertiary/aromatic N) is 3. The van der Waals surface area contributed by atoms with Crippen molar-refractivity contribution < 1.29 is 19.0 Å². The van der Waals surface area contributed by atoms with Crippen LogP contribution in [0.4, 0.5) is 5.13 Å². The number of thiazole rings is 1. The fourth-order valence-corrected chi connectivity index (χ4v) is 3.23. The Morgan fingerprint density at radius 3 is 2.68 bits per heavy atom. The minimum absolute atomic E-state index is 0.204. The first-order valence-electron chi connectivity index (χ1n) is 8.20. The Morgan fingerprint density at radius 2 is 1.96 bits per heavy atom. The molecule has 0 amide bonds. The molecule has 2 aromatic carbocycles. The third-order valence-electron chi connectivity index (χ3n) is 3.93. The maximum Gasteiger partial charge on any atom is 0.437 e. The lowest BCUT2D eigenvalue weighted by Crippen LogP contribution is -2.36. The Bertz CT molecular complexity index is 1180. The Hall–Kier alpha value is -3.72. The van der Waals surface area contributed by atoms with Crippen LogP contribution in [0.2, 0.25) is 0 Å². The number of hydrogen-bond acceptors (Lipinski definition) is 7. The normalized spacial score (nSPS) is 11.5. The Labute approximate surface area is 163 Å². The number of methoxy groups -OCH3 is 1. The van der Waals surface area contributed by atoms with Crippen LogP contribution in [0.25, 0.3) is 17.1 Å². The highest BCUT2D eigenvalue weighted by atomic mass is 32.1. The molecule has 0 saturated carbocycles. The van der Waals surface area contributed by atoms with Crippen LogP contribution < -0.4 is 20.2 Å². The van der Waals surface area contributed by atoms with E-state index in [0.29, 0.717) is 22.7 Å². The summed E-state index contributed by atoms with van der Waals surface area (Å²) >= 11 is 1.16. The van der Waals surface area contributed by atoms with E-state index < -0.39 is 11.5 Å². The van der Waals surface area contributed by atoms with E-state index in [2.05, 4.69) is 15.2 Å². The molecule has 28 heavy (non-hydrogen) atoms. The topological polar surface area (TPSA) is 107 Å². The van der Waals surface area contributed by atoms with Crippen LogP contribution in [-0.2, 0) is 0 Å². The standard InChI is InChI=1S/C19H14N4O4S/c1-26-14-9-7-13(8-10-14)23-16(18(25)27-22-23)15-11-28-19(20-15)21-17(24)12-5-3-2-4-6-12/h2-11H,1H3,(H-,20,21,22,24,25). The van der Waals surface area contributed by atoms with Gasteiger partial charge in [0.2, 0.25) is 10.8 Å². The number of aliphatic imine (C=N–C) groups is 1. The molecule has 140 valence electrons. The van der Waals surface area contributed by atoms with Gasteiger partial charge in [0.15, 0.2) is 5.69 Å². The molecule has 0 unspecified atom stereocenters. The predicted octanol–water partition coefficient (Wildman–Crippen LogP) is 1.82. The zero-order valence-corrected chi connectivity index (χ0v) is 15.5. The van der Waals surface area contributed by atoms with Crippen molar-refractivity contribution in [1.82, 2.24) is 10.3 Å². The number of aromatic nitrogens is 3. The summed E-state index contributed by atoms with van der Waals surface area (Å²) in [6.45, 7) is 0. The number of aromatic amines is 1. The van der Waals surface area contributed by atoms with E-state index in [1.807, 2.05) is 6.07 Å². The van der Waals surface area contributed by atoms with Crippen molar-refractivity contribution >= 4 is 22.4 Å². The van der Waals surface area contributed by atoms with Gasteiger partial charge in [-0.2, -0.15) is 0 Å². The molecule has 0 aliphatic carbocycles. The van der Waals surface area contributed by atoms with Gasteiger partial charge in [-0.1, -0.05) is 30.3 Å². The molecule has 0 aliphatic rings. The van der Waals surface area contributed by atoms with Gasteiger partial charge in [0.05, 0.1) is 7.11 Å². The quantitative estimate of drug-likeness (QED) is 0.316. The third-order valence-corrected chi connectivity index (χ3v) is 4.66. The number of benzene rings is 2. The molecular weight excluding hydrogens is 380 g/mol. The summed E-state index contributed by atoms with van der Waals surface area (Å²) in [5.74, 6) is 0.288. The highest BCUT2D eigenvalue weighted by Crippen LogP contribution is 2.24. The highest BCUT2D eigenvalue weighted by Gasteiger charge is 2.27. The van der Waals surface area contributed by atoms with Gasteiger partial charge in [0.25, 0.3) is 0 Å². The fraction of sp³-hybridized carbons (Fsp3) is 0.0526. The first-order chi connectivity index (χ1) is 13.7. The van der Waals surface area contributed by atoms with Crippen molar-refractivity contribution in [2.45, 2.75) is 0 Å². The lowest BCUT2D eigenvalue weighted by atomic mass is 10.2. The lowest BCUT2D eigenvalue weighted by molar-refractivity contribution is -0.660. The maximum atomic E-state index is 12.2. The molecule has 0 atom stereocenters. The Balaban J connectivity index is 1.69. The SMILES string of the molecule is COc1ccc(-[n+]2[nH]oc(=O)c2-c2csc(/N=C(\[O-])c3ccccc3)n2)cc1. The number of ether oxygens (including phenoxy) is 1. The van der Waals surface area contributed by atoms with Crippen LogP contribution in [0.15, 0.2) is 74.3 Å². The largest absolute Gasteiger partial charge is 0.858 e. The number of H-pyrrole nitrogens is 1. The van der Waals surface area contributed by atoms with Crippen molar-refractivity contribution in [2.24, 2.45) is 4.99 Å². The van der Waals surface area contributed by atoms with E-state index >= 15 is 0 Å². The summed E-state index contributed by atoms with van der Waals surface area (Å²) in [4.78, 5) is 20.5. The van der Waals surface area contributed by atoms with Gasteiger partial charge in [-0.25, -0.2) is 14.8 Å². The van der Waals surface area contributed by atoms with Crippen LogP contribution in [0.1, 0.15) is 5.56 Å².